The van der Waals surface area contributed by atoms with Crippen LogP contribution in [0.15, 0.2) is 24.3 Å². The summed E-state index contributed by atoms with van der Waals surface area (Å²) >= 11 is 2.04. The van der Waals surface area contributed by atoms with Gasteiger partial charge in [0.25, 0.3) is 0 Å². The lowest BCUT2D eigenvalue weighted by atomic mass is 10.0. The molecule has 0 saturated carbocycles. The smallest absolute Gasteiger partial charge is 0.119 e. The summed E-state index contributed by atoms with van der Waals surface area (Å²) in [6.45, 7) is 2.94. The fourth-order valence-corrected chi connectivity index (χ4v) is 3.32. The Bertz CT molecular complexity index is 365. The van der Waals surface area contributed by atoms with Gasteiger partial charge in [-0.25, -0.2) is 0 Å². The lowest BCUT2D eigenvalue weighted by molar-refractivity contribution is 0.217. The van der Waals surface area contributed by atoms with Crippen LogP contribution < -0.4 is 10.5 Å². The van der Waals surface area contributed by atoms with E-state index in [1.165, 1.54) is 23.5 Å². The first-order valence-corrected chi connectivity index (χ1v) is 7.66. The van der Waals surface area contributed by atoms with Gasteiger partial charge in [0.15, 0.2) is 0 Å². The van der Waals surface area contributed by atoms with Gasteiger partial charge in [0.1, 0.15) is 5.75 Å². The highest BCUT2D eigenvalue weighted by Crippen LogP contribution is 2.25. The Hall–Kier alpha value is -0.710. The highest BCUT2D eigenvalue weighted by molar-refractivity contribution is 7.99. The molecule has 0 amide bonds. The molecular weight excluding hydrogens is 244 g/mol. The van der Waals surface area contributed by atoms with Crippen molar-refractivity contribution in [3.05, 3.63) is 29.8 Å². The van der Waals surface area contributed by atoms with Crippen LogP contribution in [-0.2, 0) is 0 Å². The molecule has 1 aliphatic rings. The molecule has 3 nitrogen and oxygen atoms in total. The Balaban J connectivity index is 2.15. The highest BCUT2D eigenvalue weighted by atomic mass is 32.2. The molecule has 100 valence electrons. The lowest BCUT2D eigenvalue weighted by Gasteiger charge is -2.30. The molecule has 1 aliphatic heterocycles. The van der Waals surface area contributed by atoms with Gasteiger partial charge in [0.2, 0.25) is 0 Å². The van der Waals surface area contributed by atoms with Crippen molar-refractivity contribution in [1.29, 1.82) is 0 Å². The fraction of sp³-hybridized carbons (Fsp3) is 0.571. The Morgan fingerprint density at radius 1 is 1.39 bits per heavy atom. The van der Waals surface area contributed by atoms with Crippen LogP contribution in [-0.4, -0.2) is 43.1 Å². The quantitative estimate of drug-likeness (QED) is 0.906. The van der Waals surface area contributed by atoms with Gasteiger partial charge in [-0.2, -0.15) is 11.8 Å². The zero-order chi connectivity index (χ0) is 12.8. The van der Waals surface area contributed by atoms with Crippen LogP contribution in [0.2, 0.25) is 0 Å². The van der Waals surface area contributed by atoms with E-state index >= 15 is 0 Å². The van der Waals surface area contributed by atoms with Gasteiger partial charge in [0.05, 0.1) is 7.11 Å². The summed E-state index contributed by atoms with van der Waals surface area (Å²) < 4.78 is 5.30. The number of thioether (sulfide) groups is 1. The minimum atomic E-state index is 0.318. The standard InChI is InChI=1S/C14H22N2OS/c1-17-13-5-2-4-12(10-13)14(11-15)16-6-3-8-18-9-7-16/h2,4-5,10,14H,3,6-9,11,15H2,1H3. The molecule has 1 aromatic rings. The second-order valence-electron chi connectivity index (χ2n) is 4.53. The van der Waals surface area contributed by atoms with E-state index in [4.69, 9.17) is 10.5 Å². The van der Waals surface area contributed by atoms with Gasteiger partial charge >= 0.3 is 0 Å². The van der Waals surface area contributed by atoms with Crippen molar-refractivity contribution in [3.63, 3.8) is 0 Å². The van der Waals surface area contributed by atoms with Gasteiger partial charge in [-0.05, 0) is 36.4 Å². The van der Waals surface area contributed by atoms with E-state index in [0.717, 1.165) is 18.8 Å². The van der Waals surface area contributed by atoms with Crippen molar-refractivity contribution in [1.82, 2.24) is 4.90 Å². The Morgan fingerprint density at radius 2 is 2.28 bits per heavy atom. The molecule has 0 aliphatic carbocycles. The summed E-state index contributed by atoms with van der Waals surface area (Å²) in [6, 6.07) is 8.60. The molecule has 1 aromatic carbocycles. The zero-order valence-electron chi connectivity index (χ0n) is 11.0. The minimum Gasteiger partial charge on any atom is -0.497 e. The fourth-order valence-electron chi connectivity index (χ4n) is 2.42. The van der Waals surface area contributed by atoms with Crippen LogP contribution in [0.4, 0.5) is 0 Å². The van der Waals surface area contributed by atoms with Gasteiger partial charge < -0.3 is 10.5 Å². The van der Waals surface area contributed by atoms with Crippen molar-refractivity contribution >= 4 is 11.8 Å². The van der Waals surface area contributed by atoms with E-state index in [-0.39, 0.29) is 0 Å². The average molecular weight is 266 g/mol. The van der Waals surface area contributed by atoms with E-state index in [2.05, 4.69) is 17.0 Å². The predicted octanol–water partition coefficient (Wildman–Crippen LogP) is 2.13. The van der Waals surface area contributed by atoms with Crippen molar-refractivity contribution in [3.8, 4) is 5.75 Å². The molecule has 1 fully saturated rings. The van der Waals surface area contributed by atoms with Gasteiger partial charge in [0, 0.05) is 24.9 Å². The molecule has 0 radical (unpaired) electrons. The van der Waals surface area contributed by atoms with Crippen molar-refractivity contribution in [2.45, 2.75) is 12.5 Å². The van der Waals surface area contributed by atoms with Crippen LogP contribution in [0.3, 0.4) is 0 Å². The molecule has 1 saturated heterocycles. The van der Waals surface area contributed by atoms with Crippen LogP contribution >= 0.6 is 11.8 Å². The molecular formula is C14H22N2OS. The third-order valence-electron chi connectivity index (χ3n) is 3.40. The Kier molecular flexibility index (Phi) is 5.35. The van der Waals surface area contributed by atoms with Crippen LogP contribution in [0, 0.1) is 0 Å². The van der Waals surface area contributed by atoms with Gasteiger partial charge in [-0.3, -0.25) is 4.90 Å². The lowest BCUT2D eigenvalue weighted by Crippen LogP contribution is -2.35. The molecule has 0 spiro atoms. The number of rotatable bonds is 4. The molecule has 1 heterocycles. The van der Waals surface area contributed by atoms with Crippen molar-refractivity contribution in [2.24, 2.45) is 5.73 Å². The molecule has 4 heteroatoms. The summed E-state index contributed by atoms with van der Waals surface area (Å²) in [5.41, 5.74) is 7.26. The predicted molar refractivity (Wildman–Crippen MR) is 78.3 cm³/mol. The first-order valence-electron chi connectivity index (χ1n) is 6.51. The third kappa shape index (κ3) is 3.40. The average Bonchev–Trinajstić information content (AvgIpc) is 2.69. The highest BCUT2D eigenvalue weighted by Gasteiger charge is 2.20. The SMILES string of the molecule is COc1cccc(C(CN)N2CCCSCC2)c1. The first kappa shape index (κ1) is 13.7. The maximum absolute atomic E-state index is 5.99. The largest absolute Gasteiger partial charge is 0.497 e. The van der Waals surface area contributed by atoms with Gasteiger partial charge in [-0.1, -0.05) is 12.1 Å². The molecule has 2 rings (SSSR count). The number of hydrogen-bond acceptors (Lipinski definition) is 4. The second kappa shape index (κ2) is 7.02. The number of hydrogen-bond donors (Lipinski definition) is 1. The monoisotopic (exact) mass is 266 g/mol. The molecule has 2 N–H and O–H groups in total. The summed E-state index contributed by atoms with van der Waals surface area (Å²) in [4.78, 5) is 2.51. The summed E-state index contributed by atoms with van der Waals surface area (Å²) in [7, 11) is 1.71. The topological polar surface area (TPSA) is 38.5 Å². The Labute approximate surface area is 114 Å². The number of ether oxygens (including phenoxy) is 1. The van der Waals surface area contributed by atoms with Crippen molar-refractivity contribution in [2.75, 3.05) is 38.2 Å². The van der Waals surface area contributed by atoms with Gasteiger partial charge in [-0.15, -0.1) is 0 Å². The maximum atomic E-state index is 5.99. The molecule has 1 unspecified atom stereocenters. The van der Waals surface area contributed by atoms with Crippen LogP contribution in [0.5, 0.6) is 5.75 Å². The van der Waals surface area contributed by atoms with E-state index in [0.29, 0.717) is 12.6 Å². The number of benzene rings is 1. The van der Waals surface area contributed by atoms with Crippen molar-refractivity contribution < 1.29 is 4.74 Å². The molecule has 18 heavy (non-hydrogen) atoms. The van der Waals surface area contributed by atoms with E-state index in [1.54, 1.807) is 7.11 Å². The molecule has 1 atom stereocenters. The van der Waals surface area contributed by atoms with Crippen LogP contribution in [0.25, 0.3) is 0 Å². The Morgan fingerprint density at radius 3 is 3.06 bits per heavy atom. The maximum Gasteiger partial charge on any atom is 0.119 e. The number of nitrogens with zero attached hydrogens (tertiary/aromatic N) is 1. The number of nitrogens with two attached hydrogens (primary N) is 1. The zero-order valence-corrected chi connectivity index (χ0v) is 11.8. The number of methoxy groups -OCH3 is 1. The van der Waals surface area contributed by atoms with E-state index in [1.807, 2.05) is 23.9 Å². The normalized spacial score (nSPS) is 19.2. The second-order valence-corrected chi connectivity index (χ2v) is 5.75. The summed E-state index contributed by atoms with van der Waals surface area (Å²) in [5, 5.41) is 0. The van der Waals surface area contributed by atoms with E-state index in [9.17, 15) is 0 Å². The minimum absolute atomic E-state index is 0.318. The first-order chi connectivity index (χ1) is 8.85. The van der Waals surface area contributed by atoms with E-state index < -0.39 is 0 Å². The summed E-state index contributed by atoms with van der Waals surface area (Å²) in [5.74, 6) is 3.39. The van der Waals surface area contributed by atoms with Crippen LogP contribution in [0.1, 0.15) is 18.0 Å². The third-order valence-corrected chi connectivity index (χ3v) is 4.45. The molecule has 0 aromatic heterocycles. The summed E-state index contributed by atoms with van der Waals surface area (Å²) in [6.07, 6.45) is 1.26. The molecule has 0 bridgehead atoms.